The molecule has 1 aromatic carbocycles. The summed E-state index contributed by atoms with van der Waals surface area (Å²) in [5.41, 5.74) is 2.12. The number of aryl methyl sites for hydroxylation is 1. The van der Waals surface area contributed by atoms with Crippen LogP contribution in [0, 0.1) is 6.92 Å². The van der Waals surface area contributed by atoms with Crippen LogP contribution in [0.5, 0.6) is 0 Å². The molecule has 3 heteroatoms. The van der Waals surface area contributed by atoms with Gasteiger partial charge in [-0.2, -0.15) is 0 Å². The summed E-state index contributed by atoms with van der Waals surface area (Å²) in [6, 6.07) is 5.39. The highest BCUT2D eigenvalue weighted by molar-refractivity contribution is 5.95. The van der Waals surface area contributed by atoms with Crippen molar-refractivity contribution >= 4 is 16.9 Å². The van der Waals surface area contributed by atoms with Crippen LogP contribution in [0.15, 0.2) is 24.4 Å². The fraction of sp³-hybridized carbons (Fsp3) is 0.250. The molecule has 1 aromatic heterocycles. The quantitative estimate of drug-likeness (QED) is 0.751. The van der Waals surface area contributed by atoms with Gasteiger partial charge in [-0.3, -0.25) is 0 Å². The highest BCUT2D eigenvalue weighted by atomic mass is 16.4. The third kappa shape index (κ3) is 2.18. The summed E-state index contributed by atoms with van der Waals surface area (Å²) in [6.45, 7) is 5.80. The molecule has 2 N–H and O–H groups in total. The molecule has 0 aliphatic heterocycles. The molecule has 0 radical (unpaired) electrons. The van der Waals surface area contributed by atoms with E-state index in [1.807, 2.05) is 26.0 Å². The normalized spacial score (nSPS) is 9.53. The van der Waals surface area contributed by atoms with E-state index in [4.69, 9.17) is 5.11 Å². The zero-order chi connectivity index (χ0) is 11.4. The Kier molecular flexibility index (Phi) is 3.50. The number of carbonyl (C=O) groups is 1. The summed E-state index contributed by atoms with van der Waals surface area (Å²) in [6.07, 6.45) is 1.80. The Balaban J connectivity index is 0.000000531. The van der Waals surface area contributed by atoms with Gasteiger partial charge in [0.2, 0.25) is 0 Å². The number of hydrogen-bond donors (Lipinski definition) is 2. The van der Waals surface area contributed by atoms with E-state index >= 15 is 0 Å². The van der Waals surface area contributed by atoms with Crippen molar-refractivity contribution in [2.75, 3.05) is 0 Å². The predicted molar refractivity (Wildman–Crippen MR) is 61.3 cm³/mol. The van der Waals surface area contributed by atoms with Gasteiger partial charge in [0.05, 0.1) is 5.56 Å². The van der Waals surface area contributed by atoms with E-state index in [9.17, 15) is 4.79 Å². The number of carboxylic acid groups (broad SMARTS) is 1. The van der Waals surface area contributed by atoms with Gasteiger partial charge < -0.3 is 10.1 Å². The van der Waals surface area contributed by atoms with Crippen LogP contribution in [0.1, 0.15) is 29.8 Å². The molecular formula is C12H15NO2. The van der Waals surface area contributed by atoms with Crippen molar-refractivity contribution in [1.82, 2.24) is 4.98 Å². The molecular weight excluding hydrogens is 190 g/mol. The largest absolute Gasteiger partial charge is 0.478 e. The molecule has 0 fully saturated rings. The molecule has 80 valence electrons. The Bertz CT molecular complexity index is 471. The van der Waals surface area contributed by atoms with E-state index < -0.39 is 5.97 Å². The number of nitrogens with one attached hydrogen (secondary N) is 1. The average molecular weight is 205 g/mol. The van der Waals surface area contributed by atoms with Crippen LogP contribution in [-0.2, 0) is 0 Å². The zero-order valence-electron chi connectivity index (χ0n) is 9.16. The first-order valence-corrected chi connectivity index (χ1v) is 4.99. The van der Waals surface area contributed by atoms with Gasteiger partial charge in [-0.1, -0.05) is 13.8 Å². The lowest BCUT2D eigenvalue weighted by molar-refractivity contribution is 0.0696. The van der Waals surface area contributed by atoms with Crippen LogP contribution < -0.4 is 0 Å². The SMILES string of the molecule is CC.Cc1cc2[nH]ccc2cc1C(=O)O. The van der Waals surface area contributed by atoms with E-state index in [2.05, 4.69) is 4.98 Å². The van der Waals surface area contributed by atoms with Crippen LogP contribution in [-0.4, -0.2) is 16.1 Å². The molecule has 2 aromatic rings. The van der Waals surface area contributed by atoms with E-state index in [1.165, 1.54) is 0 Å². The van der Waals surface area contributed by atoms with Gasteiger partial charge in [-0.15, -0.1) is 0 Å². The first-order chi connectivity index (χ1) is 7.18. The lowest BCUT2D eigenvalue weighted by Gasteiger charge is -2.00. The van der Waals surface area contributed by atoms with Crippen molar-refractivity contribution in [2.24, 2.45) is 0 Å². The van der Waals surface area contributed by atoms with E-state index in [0.717, 1.165) is 16.5 Å². The average Bonchev–Trinajstić information content (AvgIpc) is 2.66. The summed E-state index contributed by atoms with van der Waals surface area (Å²) in [4.78, 5) is 13.8. The Labute approximate surface area is 88.7 Å². The van der Waals surface area contributed by atoms with Crippen molar-refractivity contribution in [1.29, 1.82) is 0 Å². The van der Waals surface area contributed by atoms with Crippen LogP contribution in [0.2, 0.25) is 0 Å². The first kappa shape index (κ1) is 11.3. The number of fused-ring (bicyclic) bond motifs is 1. The number of H-pyrrole nitrogens is 1. The number of hydrogen-bond acceptors (Lipinski definition) is 1. The highest BCUT2D eigenvalue weighted by Gasteiger charge is 2.08. The number of aromatic carboxylic acids is 1. The highest BCUT2D eigenvalue weighted by Crippen LogP contribution is 2.18. The Morgan fingerprint density at radius 3 is 2.60 bits per heavy atom. The van der Waals surface area contributed by atoms with Gasteiger partial charge in [0.1, 0.15) is 0 Å². The third-order valence-corrected chi connectivity index (χ3v) is 2.13. The minimum absolute atomic E-state index is 0.368. The molecule has 3 nitrogen and oxygen atoms in total. The smallest absolute Gasteiger partial charge is 0.335 e. The molecule has 0 aliphatic carbocycles. The van der Waals surface area contributed by atoms with E-state index in [0.29, 0.717) is 5.56 Å². The molecule has 0 aliphatic rings. The molecule has 0 amide bonds. The Morgan fingerprint density at radius 2 is 2.00 bits per heavy atom. The summed E-state index contributed by atoms with van der Waals surface area (Å²) < 4.78 is 0. The van der Waals surface area contributed by atoms with Gasteiger partial charge in [0.15, 0.2) is 0 Å². The lowest BCUT2D eigenvalue weighted by atomic mass is 10.1. The van der Waals surface area contributed by atoms with Crippen molar-refractivity contribution in [3.8, 4) is 0 Å². The molecule has 1 heterocycles. The van der Waals surface area contributed by atoms with E-state index in [1.54, 1.807) is 19.2 Å². The van der Waals surface area contributed by atoms with E-state index in [-0.39, 0.29) is 0 Å². The maximum atomic E-state index is 10.8. The van der Waals surface area contributed by atoms with Gasteiger partial charge >= 0.3 is 5.97 Å². The second-order valence-electron chi connectivity index (χ2n) is 3.04. The minimum Gasteiger partial charge on any atom is -0.478 e. The monoisotopic (exact) mass is 205 g/mol. The second kappa shape index (κ2) is 4.64. The number of aromatic nitrogens is 1. The van der Waals surface area contributed by atoms with Crippen molar-refractivity contribution < 1.29 is 9.90 Å². The molecule has 0 saturated heterocycles. The van der Waals surface area contributed by atoms with Crippen LogP contribution in [0.25, 0.3) is 10.9 Å². The van der Waals surface area contributed by atoms with Gasteiger partial charge in [0.25, 0.3) is 0 Å². The standard InChI is InChI=1S/C10H9NO2.C2H6/c1-6-4-9-7(2-3-11-9)5-8(6)10(12)13;1-2/h2-5,11H,1H3,(H,12,13);1-2H3. The summed E-state index contributed by atoms with van der Waals surface area (Å²) in [7, 11) is 0. The number of aromatic amines is 1. The fourth-order valence-corrected chi connectivity index (χ4v) is 1.44. The summed E-state index contributed by atoms with van der Waals surface area (Å²) in [5, 5.41) is 9.79. The van der Waals surface area contributed by atoms with Crippen molar-refractivity contribution in [3.05, 3.63) is 35.5 Å². The second-order valence-corrected chi connectivity index (χ2v) is 3.04. The molecule has 0 saturated carbocycles. The minimum atomic E-state index is -0.874. The molecule has 0 bridgehead atoms. The van der Waals surface area contributed by atoms with Crippen LogP contribution in [0.4, 0.5) is 0 Å². The maximum Gasteiger partial charge on any atom is 0.335 e. The number of rotatable bonds is 1. The van der Waals surface area contributed by atoms with Crippen molar-refractivity contribution in [3.63, 3.8) is 0 Å². The number of carboxylic acids is 1. The zero-order valence-corrected chi connectivity index (χ0v) is 9.16. The van der Waals surface area contributed by atoms with Gasteiger partial charge in [-0.25, -0.2) is 4.79 Å². The van der Waals surface area contributed by atoms with Crippen molar-refractivity contribution in [2.45, 2.75) is 20.8 Å². The van der Waals surface area contributed by atoms with Gasteiger partial charge in [-0.05, 0) is 30.7 Å². The number of benzene rings is 1. The molecule has 0 atom stereocenters. The predicted octanol–water partition coefficient (Wildman–Crippen LogP) is 3.20. The third-order valence-electron chi connectivity index (χ3n) is 2.13. The fourth-order valence-electron chi connectivity index (χ4n) is 1.44. The molecule has 15 heavy (non-hydrogen) atoms. The maximum absolute atomic E-state index is 10.8. The summed E-state index contributed by atoms with van der Waals surface area (Å²) >= 11 is 0. The summed E-state index contributed by atoms with van der Waals surface area (Å²) in [5.74, 6) is -0.874. The van der Waals surface area contributed by atoms with Gasteiger partial charge in [0, 0.05) is 17.1 Å². The van der Waals surface area contributed by atoms with Crippen LogP contribution in [0.3, 0.4) is 0 Å². The first-order valence-electron chi connectivity index (χ1n) is 4.99. The Morgan fingerprint density at radius 1 is 1.33 bits per heavy atom. The Hall–Kier alpha value is -1.77. The molecule has 0 spiro atoms. The van der Waals surface area contributed by atoms with Crippen LogP contribution >= 0.6 is 0 Å². The molecule has 2 rings (SSSR count). The lowest BCUT2D eigenvalue weighted by Crippen LogP contribution is -1.98. The molecule has 0 unspecified atom stereocenters. The topological polar surface area (TPSA) is 53.1 Å².